The minimum absolute atomic E-state index is 0.145. The summed E-state index contributed by atoms with van der Waals surface area (Å²) in [6.07, 6.45) is -2.17. The zero-order valence-corrected chi connectivity index (χ0v) is 16.5. The second-order valence-corrected chi connectivity index (χ2v) is 7.72. The Balaban J connectivity index is 1.59. The molecule has 28 heavy (non-hydrogen) atoms. The van der Waals surface area contributed by atoms with Crippen LogP contribution in [-0.4, -0.2) is 49.9 Å². The fourth-order valence-electron chi connectivity index (χ4n) is 3.59. The van der Waals surface area contributed by atoms with E-state index in [0.29, 0.717) is 13.1 Å². The summed E-state index contributed by atoms with van der Waals surface area (Å²) in [4.78, 5) is 14.3. The van der Waals surface area contributed by atoms with Crippen molar-refractivity contribution in [1.82, 2.24) is 15.5 Å². The maximum atomic E-state index is 12.1. The number of amides is 2. The third-order valence-electron chi connectivity index (χ3n) is 4.66. The molecule has 8 heteroatoms. The highest BCUT2D eigenvalue weighted by Gasteiger charge is 2.28. The number of ether oxygens (including phenoxy) is 1. The van der Waals surface area contributed by atoms with Crippen LogP contribution in [0.5, 0.6) is 5.75 Å². The third-order valence-corrected chi connectivity index (χ3v) is 4.66. The Hall–Kier alpha value is -1.96. The molecule has 158 valence electrons. The standard InChI is InChI=1S/C20H30F3N3O2/c1-15-10-16(2)13-26(12-15)9-3-8-24-19(27)25-11-17-4-6-18(7-5-17)28-14-20(21,22)23/h4-7,15-16H,3,8-14H2,1-2H3,(H2,24,25,27). The number of hydrogen-bond donors (Lipinski definition) is 2. The summed E-state index contributed by atoms with van der Waals surface area (Å²) in [6.45, 7) is 7.38. The van der Waals surface area contributed by atoms with Crippen molar-refractivity contribution in [3.8, 4) is 5.75 Å². The van der Waals surface area contributed by atoms with Gasteiger partial charge in [-0.1, -0.05) is 26.0 Å². The number of hydrogen-bond acceptors (Lipinski definition) is 3. The maximum absolute atomic E-state index is 12.1. The van der Waals surface area contributed by atoms with Gasteiger partial charge in [0, 0.05) is 26.2 Å². The highest BCUT2D eigenvalue weighted by molar-refractivity contribution is 5.73. The van der Waals surface area contributed by atoms with E-state index in [2.05, 4.69) is 34.1 Å². The Morgan fingerprint density at radius 3 is 2.39 bits per heavy atom. The lowest BCUT2D eigenvalue weighted by Gasteiger charge is -2.34. The van der Waals surface area contributed by atoms with Gasteiger partial charge in [0.15, 0.2) is 6.61 Å². The van der Waals surface area contributed by atoms with Crippen LogP contribution in [-0.2, 0) is 6.54 Å². The molecule has 1 aliphatic rings. The Morgan fingerprint density at radius 2 is 1.79 bits per heavy atom. The molecule has 2 unspecified atom stereocenters. The highest BCUT2D eigenvalue weighted by Crippen LogP contribution is 2.21. The van der Waals surface area contributed by atoms with E-state index >= 15 is 0 Å². The Labute approximate surface area is 164 Å². The zero-order valence-electron chi connectivity index (χ0n) is 16.5. The quantitative estimate of drug-likeness (QED) is 0.652. The summed E-state index contributed by atoms with van der Waals surface area (Å²) < 4.78 is 41.0. The number of likely N-dealkylation sites (tertiary alicyclic amines) is 1. The molecular weight excluding hydrogens is 371 g/mol. The SMILES string of the molecule is CC1CC(C)CN(CCCNC(=O)NCc2ccc(OCC(F)(F)F)cc2)C1. The smallest absolute Gasteiger partial charge is 0.422 e. The van der Waals surface area contributed by atoms with E-state index < -0.39 is 12.8 Å². The molecule has 0 saturated carbocycles. The first-order chi connectivity index (χ1) is 13.2. The molecule has 5 nitrogen and oxygen atoms in total. The van der Waals surface area contributed by atoms with E-state index in [4.69, 9.17) is 0 Å². The van der Waals surface area contributed by atoms with Gasteiger partial charge in [-0.15, -0.1) is 0 Å². The van der Waals surface area contributed by atoms with Crippen LogP contribution in [0.4, 0.5) is 18.0 Å². The molecule has 1 aromatic rings. The average molecular weight is 401 g/mol. The van der Waals surface area contributed by atoms with E-state index in [1.807, 2.05) is 0 Å². The number of urea groups is 1. The van der Waals surface area contributed by atoms with Crippen molar-refractivity contribution in [3.05, 3.63) is 29.8 Å². The van der Waals surface area contributed by atoms with Crippen molar-refractivity contribution >= 4 is 6.03 Å². The molecule has 2 amide bonds. The summed E-state index contributed by atoms with van der Waals surface area (Å²) >= 11 is 0. The minimum Gasteiger partial charge on any atom is -0.484 e. The van der Waals surface area contributed by atoms with Gasteiger partial charge in [-0.05, 0) is 48.9 Å². The number of nitrogens with one attached hydrogen (secondary N) is 2. The number of carbonyl (C=O) groups excluding carboxylic acids is 1. The first-order valence-corrected chi connectivity index (χ1v) is 9.74. The predicted octanol–water partition coefficient (Wildman–Crippen LogP) is 3.79. The van der Waals surface area contributed by atoms with Crippen LogP contribution in [0.2, 0.25) is 0 Å². The molecule has 1 fully saturated rings. The molecule has 1 heterocycles. The van der Waals surface area contributed by atoms with Crippen molar-refractivity contribution in [1.29, 1.82) is 0 Å². The fourth-order valence-corrected chi connectivity index (χ4v) is 3.59. The Morgan fingerprint density at radius 1 is 1.14 bits per heavy atom. The molecule has 0 spiro atoms. The van der Waals surface area contributed by atoms with Crippen LogP contribution in [0.1, 0.15) is 32.3 Å². The van der Waals surface area contributed by atoms with E-state index in [0.717, 1.165) is 43.5 Å². The van der Waals surface area contributed by atoms with Gasteiger partial charge in [0.05, 0.1) is 0 Å². The van der Waals surface area contributed by atoms with Gasteiger partial charge in [-0.3, -0.25) is 0 Å². The van der Waals surface area contributed by atoms with Gasteiger partial charge in [-0.25, -0.2) is 4.79 Å². The van der Waals surface area contributed by atoms with Gasteiger partial charge in [0.2, 0.25) is 0 Å². The lowest BCUT2D eigenvalue weighted by molar-refractivity contribution is -0.153. The predicted molar refractivity (Wildman–Crippen MR) is 102 cm³/mol. The average Bonchev–Trinajstić information content (AvgIpc) is 2.61. The monoisotopic (exact) mass is 401 g/mol. The summed E-state index contributed by atoms with van der Waals surface area (Å²) in [6, 6.07) is 5.93. The minimum atomic E-state index is -4.36. The Kier molecular flexibility index (Phi) is 8.41. The molecule has 0 aromatic heterocycles. The third kappa shape index (κ3) is 8.82. The first kappa shape index (κ1) is 22.3. The largest absolute Gasteiger partial charge is 0.484 e. The molecule has 1 saturated heterocycles. The van der Waals surface area contributed by atoms with Gasteiger partial charge in [-0.2, -0.15) is 13.2 Å². The molecule has 1 aliphatic heterocycles. The fraction of sp³-hybridized carbons (Fsp3) is 0.650. The summed E-state index contributed by atoms with van der Waals surface area (Å²) in [5.41, 5.74) is 0.783. The van der Waals surface area contributed by atoms with E-state index in [1.165, 1.54) is 18.6 Å². The van der Waals surface area contributed by atoms with Gasteiger partial charge in [0.25, 0.3) is 0 Å². The molecule has 2 atom stereocenters. The number of nitrogens with zero attached hydrogens (tertiary/aromatic N) is 1. The molecule has 0 radical (unpaired) electrons. The Bertz CT molecular complexity index is 598. The molecule has 1 aromatic carbocycles. The van der Waals surface area contributed by atoms with E-state index in [1.54, 1.807) is 12.1 Å². The van der Waals surface area contributed by atoms with Crippen molar-refractivity contribution < 1.29 is 22.7 Å². The van der Waals surface area contributed by atoms with Crippen LogP contribution < -0.4 is 15.4 Å². The van der Waals surface area contributed by atoms with Gasteiger partial charge in [0.1, 0.15) is 5.75 Å². The number of alkyl halides is 3. The lowest BCUT2D eigenvalue weighted by atomic mass is 9.92. The van der Waals surface area contributed by atoms with Gasteiger partial charge >= 0.3 is 12.2 Å². The van der Waals surface area contributed by atoms with Crippen molar-refractivity contribution in [3.63, 3.8) is 0 Å². The van der Waals surface area contributed by atoms with Crippen LogP contribution in [0.25, 0.3) is 0 Å². The second-order valence-electron chi connectivity index (χ2n) is 7.72. The maximum Gasteiger partial charge on any atom is 0.422 e. The molecule has 2 rings (SSSR count). The van der Waals surface area contributed by atoms with E-state index in [-0.39, 0.29) is 11.8 Å². The zero-order chi connectivity index (χ0) is 20.6. The summed E-state index contributed by atoms with van der Waals surface area (Å²) in [5, 5.41) is 5.58. The topological polar surface area (TPSA) is 53.6 Å². The van der Waals surface area contributed by atoms with Crippen molar-refractivity contribution in [2.45, 2.75) is 39.4 Å². The van der Waals surface area contributed by atoms with Crippen LogP contribution >= 0.6 is 0 Å². The number of piperidine rings is 1. The molecule has 0 bridgehead atoms. The van der Waals surface area contributed by atoms with Crippen LogP contribution in [0.3, 0.4) is 0 Å². The van der Waals surface area contributed by atoms with Crippen LogP contribution in [0.15, 0.2) is 24.3 Å². The first-order valence-electron chi connectivity index (χ1n) is 9.74. The normalized spacial score (nSPS) is 20.6. The van der Waals surface area contributed by atoms with Gasteiger partial charge < -0.3 is 20.3 Å². The number of benzene rings is 1. The molecule has 0 aliphatic carbocycles. The lowest BCUT2D eigenvalue weighted by Crippen LogP contribution is -2.41. The van der Waals surface area contributed by atoms with E-state index in [9.17, 15) is 18.0 Å². The van der Waals surface area contributed by atoms with Crippen molar-refractivity contribution in [2.24, 2.45) is 11.8 Å². The van der Waals surface area contributed by atoms with Crippen LogP contribution in [0, 0.1) is 11.8 Å². The molecule has 2 N–H and O–H groups in total. The number of carbonyl (C=O) groups is 1. The summed E-state index contributed by atoms with van der Waals surface area (Å²) in [5.74, 6) is 1.60. The summed E-state index contributed by atoms with van der Waals surface area (Å²) in [7, 11) is 0. The second kappa shape index (κ2) is 10.5. The highest BCUT2D eigenvalue weighted by atomic mass is 19.4. The number of halogens is 3. The molecular formula is C20H30F3N3O2. The van der Waals surface area contributed by atoms with Crippen molar-refractivity contribution in [2.75, 3.05) is 32.8 Å². The number of rotatable bonds is 8.